The molecule has 0 unspecified atom stereocenters. The second-order valence-corrected chi connectivity index (χ2v) is 11.6. The number of unbranched alkanes of at least 4 members (excludes halogenated alkanes) is 1. The van der Waals surface area contributed by atoms with E-state index in [1.54, 1.807) is 24.3 Å². The molecule has 0 amide bonds. The Morgan fingerprint density at radius 2 is 1.40 bits per heavy atom. The first-order chi connectivity index (χ1) is 20.9. The summed E-state index contributed by atoms with van der Waals surface area (Å²) in [5.74, 6) is -0.185. The van der Waals surface area contributed by atoms with Crippen molar-refractivity contribution in [2.24, 2.45) is 0 Å². The minimum atomic E-state index is -0.944. The van der Waals surface area contributed by atoms with Crippen LogP contribution in [0.1, 0.15) is 63.8 Å². The molecule has 218 valence electrons. The van der Waals surface area contributed by atoms with Crippen LogP contribution in [0.2, 0.25) is 10.0 Å². The van der Waals surface area contributed by atoms with Crippen LogP contribution in [0.25, 0.3) is 23.4 Å². The van der Waals surface area contributed by atoms with Gasteiger partial charge in [0.25, 0.3) is 0 Å². The number of aryl methyl sites for hydroxylation is 3. The predicted octanol–water partition coefficient (Wildman–Crippen LogP) is 9.90. The van der Waals surface area contributed by atoms with Gasteiger partial charge in [0, 0.05) is 23.3 Å². The molecule has 0 saturated heterocycles. The number of halogens is 2. The van der Waals surface area contributed by atoms with Crippen LogP contribution in [0.3, 0.4) is 0 Å². The van der Waals surface area contributed by atoms with Crippen LogP contribution < -0.4 is 0 Å². The van der Waals surface area contributed by atoms with Crippen LogP contribution in [-0.4, -0.2) is 20.6 Å². The Kier molecular flexibility index (Phi) is 10.1. The number of carbonyl (C=O) groups is 1. The maximum Gasteiger partial charge on any atom is 0.335 e. The topological polar surface area (TPSA) is 55.1 Å². The highest BCUT2D eigenvalue weighted by atomic mass is 35.5. The molecular formula is C37H34Cl2N2O2. The number of imidazole rings is 1. The number of hydrogen-bond donors (Lipinski definition) is 1. The molecule has 5 rings (SSSR count). The third kappa shape index (κ3) is 8.25. The van der Waals surface area contributed by atoms with Gasteiger partial charge in [0.15, 0.2) is 0 Å². The molecule has 0 atom stereocenters. The van der Waals surface area contributed by atoms with Gasteiger partial charge in [0.1, 0.15) is 5.82 Å². The number of nitrogens with zero attached hydrogens (tertiary/aromatic N) is 2. The molecule has 4 aromatic carbocycles. The number of benzene rings is 4. The number of rotatable bonds is 12. The molecule has 0 fully saturated rings. The molecule has 0 saturated carbocycles. The molecule has 1 aromatic heterocycles. The van der Waals surface area contributed by atoms with Crippen molar-refractivity contribution < 1.29 is 9.90 Å². The van der Waals surface area contributed by atoms with Crippen molar-refractivity contribution in [1.29, 1.82) is 0 Å². The van der Waals surface area contributed by atoms with E-state index in [9.17, 15) is 9.90 Å². The Labute approximate surface area is 263 Å². The van der Waals surface area contributed by atoms with E-state index in [-0.39, 0.29) is 5.56 Å². The Morgan fingerprint density at radius 1 is 0.791 bits per heavy atom. The normalized spacial score (nSPS) is 11.3. The highest BCUT2D eigenvalue weighted by molar-refractivity contribution is 6.36. The molecule has 5 aromatic rings. The van der Waals surface area contributed by atoms with E-state index >= 15 is 0 Å². The molecular weight excluding hydrogens is 575 g/mol. The van der Waals surface area contributed by atoms with Gasteiger partial charge in [-0.15, -0.1) is 0 Å². The van der Waals surface area contributed by atoms with Crippen LogP contribution in [0, 0.1) is 0 Å². The molecule has 4 nitrogen and oxygen atoms in total. The van der Waals surface area contributed by atoms with Gasteiger partial charge in [0.2, 0.25) is 0 Å². The second kappa shape index (κ2) is 14.4. The van der Waals surface area contributed by atoms with Gasteiger partial charge in [-0.1, -0.05) is 103 Å². The summed E-state index contributed by atoms with van der Waals surface area (Å²) in [4.78, 5) is 16.2. The van der Waals surface area contributed by atoms with Crippen molar-refractivity contribution in [3.8, 4) is 11.3 Å². The highest BCUT2D eigenvalue weighted by Gasteiger charge is 2.12. The van der Waals surface area contributed by atoms with Crippen molar-refractivity contribution in [3.05, 3.63) is 146 Å². The van der Waals surface area contributed by atoms with E-state index < -0.39 is 5.97 Å². The van der Waals surface area contributed by atoms with Crippen LogP contribution in [0.15, 0.2) is 97.2 Å². The Bertz CT molecular complexity index is 1700. The largest absolute Gasteiger partial charge is 0.478 e. The summed E-state index contributed by atoms with van der Waals surface area (Å²) in [5, 5.41) is 10.3. The smallest absolute Gasteiger partial charge is 0.335 e. The summed E-state index contributed by atoms with van der Waals surface area (Å²) >= 11 is 12.6. The third-order valence-electron chi connectivity index (χ3n) is 7.52. The quantitative estimate of drug-likeness (QED) is 0.153. The number of carboxylic acid groups (broad SMARTS) is 1. The first-order valence-corrected chi connectivity index (χ1v) is 15.3. The zero-order chi connectivity index (χ0) is 30.2. The van der Waals surface area contributed by atoms with Crippen molar-refractivity contribution >= 4 is 41.3 Å². The van der Waals surface area contributed by atoms with Crippen LogP contribution >= 0.6 is 23.2 Å². The molecule has 1 N–H and O–H groups in total. The Balaban J connectivity index is 1.31. The summed E-state index contributed by atoms with van der Waals surface area (Å²) in [6, 6.07) is 29.9. The van der Waals surface area contributed by atoms with E-state index in [1.807, 2.05) is 35.0 Å². The molecule has 0 aliphatic heterocycles. The standard InChI is InChI=1S/C37H34Cl2N2O2/c1-2-3-4-26-5-7-27(8-6-26)9-10-28-11-13-29(14-12-28)17-22-36-40-35(33-21-20-32(38)23-34(33)39)25-41(36)24-30-15-18-31(19-16-30)37(42)43/h5-8,11-23,25H,2-4,9-10,24H2,1H3,(H,42,43)/b22-17+. The molecule has 0 aliphatic carbocycles. The molecule has 0 aliphatic rings. The lowest BCUT2D eigenvalue weighted by atomic mass is 10.0. The zero-order valence-electron chi connectivity index (χ0n) is 24.1. The number of aromatic carboxylic acids is 1. The SMILES string of the molecule is CCCCc1ccc(CCc2ccc(/C=C/c3nc(-c4ccc(Cl)cc4Cl)cn3Cc3ccc(C(=O)O)cc3)cc2)cc1. The van der Waals surface area contributed by atoms with Crippen LogP contribution in [0.5, 0.6) is 0 Å². The minimum absolute atomic E-state index is 0.256. The van der Waals surface area contributed by atoms with Gasteiger partial charge >= 0.3 is 5.97 Å². The summed E-state index contributed by atoms with van der Waals surface area (Å²) in [5.41, 5.74) is 7.91. The molecule has 0 spiro atoms. The van der Waals surface area contributed by atoms with Crippen molar-refractivity contribution in [1.82, 2.24) is 9.55 Å². The van der Waals surface area contributed by atoms with Gasteiger partial charge < -0.3 is 9.67 Å². The maximum atomic E-state index is 11.3. The second-order valence-electron chi connectivity index (χ2n) is 10.7. The molecule has 0 radical (unpaired) electrons. The summed E-state index contributed by atoms with van der Waals surface area (Å²) < 4.78 is 2.04. The van der Waals surface area contributed by atoms with E-state index in [1.165, 1.54) is 29.5 Å². The molecule has 43 heavy (non-hydrogen) atoms. The molecule has 1 heterocycles. The van der Waals surface area contributed by atoms with Gasteiger partial charge in [-0.2, -0.15) is 0 Å². The van der Waals surface area contributed by atoms with E-state index in [0.717, 1.165) is 47.5 Å². The summed E-state index contributed by atoms with van der Waals surface area (Å²) in [6.07, 6.45) is 11.6. The summed E-state index contributed by atoms with van der Waals surface area (Å²) in [6.45, 7) is 2.75. The molecule has 6 heteroatoms. The fourth-order valence-electron chi connectivity index (χ4n) is 4.97. The van der Waals surface area contributed by atoms with E-state index in [0.29, 0.717) is 16.6 Å². The monoisotopic (exact) mass is 608 g/mol. The van der Waals surface area contributed by atoms with Crippen LogP contribution in [0.4, 0.5) is 0 Å². The average molecular weight is 610 g/mol. The van der Waals surface area contributed by atoms with E-state index in [2.05, 4.69) is 61.5 Å². The maximum absolute atomic E-state index is 11.3. The minimum Gasteiger partial charge on any atom is -0.478 e. The zero-order valence-corrected chi connectivity index (χ0v) is 25.7. The first-order valence-electron chi connectivity index (χ1n) is 14.6. The van der Waals surface area contributed by atoms with Crippen LogP contribution in [-0.2, 0) is 25.8 Å². The average Bonchev–Trinajstić information content (AvgIpc) is 3.41. The van der Waals surface area contributed by atoms with Gasteiger partial charge in [-0.3, -0.25) is 0 Å². The number of hydrogen-bond acceptors (Lipinski definition) is 2. The van der Waals surface area contributed by atoms with E-state index in [4.69, 9.17) is 28.2 Å². The van der Waals surface area contributed by atoms with Crippen molar-refractivity contribution in [2.75, 3.05) is 0 Å². The Morgan fingerprint density at radius 3 is 2.00 bits per heavy atom. The summed E-state index contributed by atoms with van der Waals surface area (Å²) in [7, 11) is 0. The van der Waals surface area contributed by atoms with Gasteiger partial charge in [0.05, 0.1) is 16.3 Å². The van der Waals surface area contributed by atoms with Gasteiger partial charge in [-0.25, -0.2) is 9.78 Å². The Hall–Kier alpha value is -4.12. The fourth-order valence-corrected chi connectivity index (χ4v) is 5.48. The predicted molar refractivity (Wildman–Crippen MR) is 178 cm³/mol. The number of carboxylic acids is 1. The number of aromatic nitrogens is 2. The lowest BCUT2D eigenvalue weighted by Crippen LogP contribution is -2.02. The lowest BCUT2D eigenvalue weighted by Gasteiger charge is -2.06. The third-order valence-corrected chi connectivity index (χ3v) is 8.06. The van der Waals surface area contributed by atoms with Crippen molar-refractivity contribution in [3.63, 3.8) is 0 Å². The molecule has 0 bridgehead atoms. The highest BCUT2D eigenvalue weighted by Crippen LogP contribution is 2.30. The van der Waals surface area contributed by atoms with Gasteiger partial charge in [-0.05, 0) is 89.9 Å². The van der Waals surface area contributed by atoms with Crippen molar-refractivity contribution in [2.45, 2.75) is 45.6 Å². The first kappa shape index (κ1) is 30.3. The lowest BCUT2D eigenvalue weighted by molar-refractivity contribution is 0.0697. The fraction of sp³-hybridized carbons (Fsp3) is 0.189.